The van der Waals surface area contributed by atoms with Crippen molar-refractivity contribution >= 4 is 17.1 Å². The van der Waals surface area contributed by atoms with Crippen LogP contribution in [0.2, 0.25) is 0 Å². The highest BCUT2D eigenvalue weighted by atomic mass is 16.5. The van der Waals surface area contributed by atoms with Crippen LogP contribution in [-0.4, -0.2) is 33.1 Å². The average molecular weight is 275 g/mol. The van der Waals surface area contributed by atoms with Gasteiger partial charge in [-0.15, -0.1) is 0 Å². The fraction of sp³-hybridized carbons (Fsp3) is 0.643. The van der Waals surface area contributed by atoms with Gasteiger partial charge in [0.1, 0.15) is 11.6 Å². The van der Waals surface area contributed by atoms with Crippen molar-refractivity contribution in [3.63, 3.8) is 0 Å². The summed E-state index contributed by atoms with van der Waals surface area (Å²) in [4.78, 5) is 16.0. The Balaban J connectivity index is 1.84. The molecule has 1 aliphatic rings. The van der Waals surface area contributed by atoms with E-state index in [1.54, 1.807) is 13.4 Å². The van der Waals surface area contributed by atoms with Gasteiger partial charge in [-0.3, -0.25) is 0 Å². The number of imidazole rings is 1. The van der Waals surface area contributed by atoms with Crippen molar-refractivity contribution < 1.29 is 4.74 Å². The van der Waals surface area contributed by atoms with E-state index in [-0.39, 0.29) is 6.10 Å². The quantitative estimate of drug-likeness (QED) is 0.897. The molecule has 3 rings (SSSR count). The highest BCUT2D eigenvalue weighted by Crippen LogP contribution is 2.31. The van der Waals surface area contributed by atoms with Crippen molar-refractivity contribution in [2.75, 3.05) is 12.4 Å². The molecule has 0 aromatic carbocycles. The van der Waals surface area contributed by atoms with Crippen LogP contribution in [0.3, 0.4) is 0 Å². The smallest absolute Gasteiger partial charge is 0.245 e. The van der Waals surface area contributed by atoms with Gasteiger partial charge in [0.25, 0.3) is 0 Å². The van der Waals surface area contributed by atoms with Crippen molar-refractivity contribution in [1.29, 1.82) is 0 Å². The number of H-pyrrole nitrogens is 1. The van der Waals surface area contributed by atoms with E-state index < -0.39 is 0 Å². The molecule has 0 radical (unpaired) electrons. The Morgan fingerprint density at radius 3 is 3.10 bits per heavy atom. The minimum Gasteiger partial charge on any atom is -0.473 e. The minimum absolute atomic E-state index is 0.250. The Labute approximate surface area is 118 Å². The number of aromatic nitrogens is 4. The molecule has 2 unspecified atom stereocenters. The normalized spacial score (nSPS) is 22.9. The van der Waals surface area contributed by atoms with Crippen LogP contribution in [0, 0.1) is 5.92 Å². The van der Waals surface area contributed by atoms with E-state index >= 15 is 0 Å². The summed E-state index contributed by atoms with van der Waals surface area (Å²) in [6.45, 7) is 2.25. The molecule has 6 heteroatoms. The number of hydrogen-bond acceptors (Lipinski definition) is 5. The largest absolute Gasteiger partial charge is 0.473 e. The number of fused-ring (bicyclic) bond motifs is 1. The highest BCUT2D eigenvalue weighted by Gasteiger charge is 2.24. The first-order chi connectivity index (χ1) is 9.80. The molecule has 2 N–H and O–H groups in total. The summed E-state index contributed by atoms with van der Waals surface area (Å²) in [5.74, 6) is 1.93. The molecule has 0 bridgehead atoms. The standard InChI is InChI=1S/C14H21N5O/c1-3-9-5-4-6-10(7-9)20-13-11-12(17-8-16-11)18-14(15-2)19-13/h8-10H,3-7H2,1-2H3,(H2,15,16,17,18,19). The topological polar surface area (TPSA) is 75.7 Å². The van der Waals surface area contributed by atoms with E-state index in [1.165, 1.54) is 19.3 Å². The molecule has 108 valence electrons. The third-order valence-electron chi connectivity index (χ3n) is 4.07. The molecular formula is C14H21N5O. The fourth-order valence-electron chi connectivity index (χ4n) is 2.88. The van der Waals surface area contributed by atoms with E-state index in [0.717, 1.165) is 24.3 Å². The summed E-state index contributed by atoms with van der Waals surface area (Å²) in [6.07, 6.45) is 7.88. The lowest BCUT2D eigenvalue weighted by Crippen LogP contribution is -2.25. The lowest BCUT2D eigenvalue weighted by atomic mass is 9.85. The Bertz CT molecular complexity index is 582. The van der Waals surface area contributed by atoms with Crippen molar-refractivity contribution in [2.24, 2.45) is 5.92 Å². The first-order valence-electron chi connectivity index (χ1n) is 7.35. The fourth-order valence-corrected chi connectivity index (χ4v) is 2.88. The van der Waals surface area contributed by atoms with E-state index in [1.807, 2.05) is 0 Å². The van der Waals surface area contributed by atoms with Gasteiger partial charge in [-0.25, -0.2) is 4.98 Å². The number of hydrogen-bond donors (Lipinski definition) is 2. The third-order valence-corrected chi connectivity index (χ3v) is 4.07. The first kappa shape index (κ1) is 13.1. The number of anilines is 1. The number of rotatable bonds is 4. The zero-order chi connectivity index (χ0) is 13.9. The maximum atomic E-state index is 6.14. The minimum atomic E-state index is 0.250. The molecule has 2 atom stereocenters. The molecule has 0 aliphatic heterocycles. The number of ether oxygens (including phenoxy) is 1. The second-order valence-electron chi connectivity index (χ2n) is 5.38. The van der Waals surface area contributed by atoms with Gasteiger partial charge < -0.3 is 15.0 Å². The Morgan fingerprint density at radius 1 is 1.40 bits per heavy atom. The molecule has 2 aromatic heterocycles. The third kappa shape index (κ3) is 2.55. The molecule has 2 aromatic rings. The lowest BCUT2D eigenvalue weighted by molar-refractivity contribution is 0.119. The van der Waals surface area contributed by atoms with Crippen molar-refractivity contribution in [3.05, 3.63) is 6.33 Å². The van der Waals surface area contributed by atoms with Crippen LogP contribution in [0.15, 0.2) is 6.33 Å². The van der Waals surface area contributed by atoms with E-state index in [2.05, 4.69) is 32.2 Å². The van der Waals surface area contributed by atoms with Crippen LogP contribution in [0.1, 0.15) is 39.0 Å². The molecule has 2 heterocycles. The van der Waals surface area contributed by atoms with Gasteiger partial charge in [-0.05, 0) is 25.2 Å². The van der Waals surface area contributed by atoms with Crippen molar-refractivity contribution in [3.8, 4) is 5.88 Å². The maximum absolute atomic E-state index is 6.14. The summed E-state index contributed by atoms with van der Waals surface area (Å²) in [5, 5.41) is 2.95. The summed E-state index contributed by atoms with van der Waals surface area (Å²) < 4.78 is 6.14. The molecule has 0 spiro atoms. The zero-order valence-electron chi connectivity index (χ0n) is 12.0. The summed E-state index contributed by atoms with van der Waals surface area (Å²) in [6, 6.07) is 0. The summed E-state index contributed by atoms with van der Waals surface area (Å²) >= 11 is 0. The van der Waals surface area contributed by atoms with E-state index in [0.29, 0.717) is 17.5 Å². The van der Waals surface area contributed by atoms with E-state index in [4.69, 9.17) is 4.74 Å². The van der Waals surface area contributed by atoms with Gasteiger partial charge in [0.05, 0.1) is 6.33 Å². The van der Waals surface area contributed by atoms with Gasteiger partial charge in [0, 0.05) is 7.05 Å². The number of nitrogens with zero attached hydrogens (tertiary/aromatic N) is 3. The van der Waals surface area contributed by atoms with Crippen LogP contribution in [0.5, 0.6) is 5.88 Å². The predicted octanol–water partition coefficient (Wildman–Crippen LogP) is 2.74. The van der Waals surface area contributed by atoms with Gasteiger partial charge >= 0.3 is 0 Å². The van der Waals surface area contributed by atoms with Crippen LogP contribution in [0.4, 0.5) is 5.95 Å². The zero-order valence-corrected chi connectivity index (χ0v) is 12.0. The van der Waals surface area contributed by atoms with Gasteiger partial charge in [0.15, 0.2) is 5.65 Å². The Morgan fingerprint density at radius 2 is 2.30 bits per heavy atom. The highest BCUT2D eigenvalue weighted by molar-refractivity contribution is 5.76. The van der Waals surface area contributed by atoms with Crippen LogP contribution in [0.25, 0.3) is 11.2 Å². The van der Waals surface area contributed by atoms with Gasteiger partial charge in [-0.2, -0.15) is 9.97 Å². The first-order valence-corrected chi connectivity index (χ1v) is 7.35. The Hall–Kier alpha value is -1.85. The molecule has 1 fully saturated rings. The van der Waals surface area contributed by atoms with Crippen LogP contribution in [-0.2, 0) is 0 Å². The predicted molar refractivity (Wildman–Crippen MR) is 77.9 cm³/mol. The van der Waals surface area contributed by atoms with Crippen molar-refractivity contribution in [1.82, 2.24) is 19.9 Å². The van der Waals surface area contributed by atoms with Gasteiger partial charge in [-0.1, -0.05) is 19.8 Å². The van der Waals surface area contributed by atoms with E-state index in [9.17, 15) is 0 Å². The molecule has 6 nitrogen and oxygen atoms in total. The average Bonchev–Trinajstić information content (AvgIpc) is 2.96. The molecule has 1 aliphatic carbocycles. The Kier molecular flexibility index (Phi) is 3.71. The van der Waals surface area contributed by atoms with Gasteiger partial charge in [0.2, 0.25) is 11.8 Å². The van der Waals surface area contributed by atoms with Crippen LogP contribution >= 0.6 is 0 Å². The second kappa shape index (κ2) is 5.64. The monoisotopic (exact) mass is 275 g/mol. The number of aromatic amines is 1. The second-order valence-corrected chi connectivity index (χ2v) is 5.38. The maximum Gasteiger partial charge on any atom is 0.245 e. The van der Waals surface area contributed by atoms with Crippen molar-refractivity contribution in [2.45, 2.75) is 45.1 Å². The molecule has 0 saturated heterocycles. The molecular weight excluding hydrogens is 254 g/mol. The molecule has 1 saturated carbocycles. The molecule has 20 heavy (non-hydrogen) atoms. The van der Waals surface area contributed by atoms with Crippen LogP contribution < -0.4 is 10.1 Å². The number of nitrogens with one attached hydrogen (secondary N) is 2. The SMILES string of the molecule is CCC1CCCC(Oc2nc(NC)nc3nc[nH]c23)C1. The summed E-state index contributed by atoms with van der Waals surface area (Å²) in [5.41, 5.74) is 1.42. The lowest BCUT2D eigenvalue weighted by Gasteiger charge is -2.28. The summed E-state index contributed by atoms with van der Waals surface area (Å²) in [7, 11) is 1.80. The molecule has 0 amide bonds.